The molecule has 3 saturated heterocycles. The Bertz CT molecular complexity index is 1470. The highest BCUT2D eigenvalue weighted by Gasteiger charge is 2.65. The monoisotopic (exact) mass is 666 g/mol. The Morgan fingerprint density at radius 3 is 2.38 bits per heavy atom. The van der Waals surface area contributed by atoms with Gasteiger partial charge in [0.1, 0.15) is 53.3 Å². The molecule has 4 aliphatic heterocycles. The van der Waals surface area contributed by atoms with Gasteiger partial charge in [0.25, 0.3) is 0 Å². The Morgan fingerprint density at radius 1 is 0.957 bits per heavy atom. The maximum atomic E-state index is 13.0. The molecule has 12 atom stereocenters. The first-order valence-corrected chi connectivity index (χ1v) is 15.1. The van der Waals surface area contributed by atoms with Crippen molar-refractivity contribution in [3.8, 4) is 28.7 Å². The molecule has 16 heteroatoms. The average Bonchev–Trinajstić information content (AvgIpc) is 3.43. The minimum absolute atomic E-state index is 0.00805. The lowest BCUT2D eigenvalue weighted by Crippen LogP contribution is -2.74. The van der Waals surface area contributed by atoms with Crippen LogP contribution in [0.2, 0.25) is 0 Å². The molecule has 0 aromatic heterocycles. The second-order valence-corrected chi connectivity index (χ2v) is 12.1. The van der Waals surface area contributed by atoms with Crippen molar-refractivity contribution in [3.05, 3.63) is 41.5 Å². The third-order valence-electron chi connectivity index (χ3n) is 9.12. The molecule has 8 N–H and O–H groups in total. The average molecular weight is 667 g/mol. The lowest BCUT2D eigenvalue weighted by molar-refractivity contribution is -0.397. The summed E-state index contributed by atoms with van der Waals surface area (Å²) in [4.78, 5) is 13.0. The minimum atomic E-state index is -1.72. The summed E-state index contributed by atoms with van der Waals surface area (Å²) in [5.41, 5.74) is -1.30. The number of phenols is 2. The number of aliphatic hydroxyl groups excluding tert-OH is 6. The van der Waals surface area contributed by atoms with Gasteiger partial charge in [-0.2, -0.15) is 0 Å². The fourth-order valence-electron chi connectivity index (χ4n) is 6.36. The molecule has 258 valence electrons. The molecule has 0 aliphatic carbocycles. The lowest BCUT2D eigenvalue weighted by atomic mass is 9.83. The van der Waals surface area contributed by atoms with Crippen molar-refractivity contribution in [2.24, 2.45) is 0 Å². The SMILES string of the molecule is COc1ccc(C2CC(=O)c3c(O)cc(OC4OC(COC5OC(C)C(O)C(O)C5O)(C5C[C@H](O)C(CO)O5)[C@@H]4O)cc3O2)cc1O. The van der Waals surface area contributed by atoms with Crippen molar-refractivity contribution in [2.45, 2.75) is 92.9 Å². The predicted molar refractivity (Wildman–Crippen MR) is 154 cm³/mol. The summed E-state index contributed by atoms with van der Waals surface area (Å²) in [5.74, 6) is -0.806. The van der Waals surface area contributed by atoms with Gasteiger partial charge < -0.3 is 74.0 Å². The molecular formula is C31H38O16. The standard InChI is InChI=1S/C31H38O16/c1-12-25(37)26(38)27(39)29(43-12)42-11-31(23-9-16(34)22(10-32)46-23)28(40)30(47-31)44-14-6-17(35)24-18(36)8-20(45-21(24)7-14)13-3-4-19(41-2)15(33)5-13/h3-7,12,16,20,22-23,25-30,32-35,37-40H,8-11H2,1-2H3/t12?,16-,20?,22?,23?,25?,26?,27?,28+,29?,30?,31?/m0/s1. The summed E-state index contributed by atoms with van der Waals surface area (Å²) >= 11 is 0. The molecule has 2 aromatic carbocycles. The van der Waals surface area contributed by atoms with Crippen LogP contribution in [0.1, 0.15) is 41.8 Å². The number of Topliss-reactive ketones (excluding diaryl/α,β-unsaturated/α-hetero) is 1. The molecule has 4 aliphatic rings. The highest BCUT2D eigenvalue weighted by molar-refractivity contribution is 6.02. The Hall–Kier alpha value is -3.29. The van der Waals surface area contributed by atoms with E-state index in [1.165, 1.54) is 32.2 Å². The Labute approximate surface area is 268 Å². The van der Waals surface area contributed by atoms with Crippen LogP contribution in [0, 0.1) is 0 Å². The largest absolute Gasteiger partial charge is 0.507 e. The number of carbonyl (C=O) groups excluding carboxylic acids is 1. The van der Waals surface area contributed by atoms with Gasteiger partial charge in [0, 0.05) is 18.6 Å². The van der Waals surface area contributed by atoms with Crippen LogP contribution in [0.4, 0.5) is 0 Å². The third kappa shape index (κ3) is 5.99. The number of phenolic OH excluding ortho intramolecular Hbond substituents is 2. The number of ether oxygens (including phenoxy) is 7. The number of ketones is 1. The van der Waals surface area contributed by atoms with Crippen molar-refractivity contribution >= 4 is 5.78 Å². The topological polar surface area (TPSA) is 244 Å². The van der Waals surface area contributed by atoms with Crippen LogP contribution in [-0.2, 0) is 18.9 Å². The van der Waals surface area contributed by atoms with E-state index in [-0.39, 0.29) is 41.4 Å². The Balaban J connectivity index is 1.20. The first-order valence-electron chi connectivity index (χ1n) is 15.1. The Kier molecular flexibility index (Phi) is 9.27. The van der Waals surface area contributed by atoms with Gasteiger partial charge in [-0.25, -0.2) is 0 Å². The van der Waals surface area contributed by atoms with E-state index >= 15 is 0 Å². The maximum absolute atomic E-state index is 13.0. The van der Waals surface area contributed by atoms with E-state index in [0.717, 1.165) is 6.07 Å². The van der Waals surface area contributed by atoms with E-state index in [1.54, 1.807) is 6.07 Å². The highest BCUT2D eigenvalue weighted by Crippen LogP contribution is 2.47. The van der Waals surface area contributed by atoms with Crippen LogP contribution in [0.5, 0.6) is 28.7 Å². The van der Waals surface area contributed by atoms with E-state index in [9.17, 15) is 45.6 Å². The summed E-state index contributed by atoms with van der Waals surface area (Å²) < 4.78 is 39.9. The zero-order chi connectivity index (χ0) is 33.8. The molecule has 0 bridgehead atoms. The van der Waals surface area contributed by atoms with Crippen LogP contribution in [0.3, 0.4) is 0 Å². The number of methoxy groups -OCH3 is 1. The molecule has 16 nitrogen and oxygen atoms in total. The fourth-order valence-corrected chi connectivity index (χ4v) is 6.36. The number of aromatic hydroxyl groups is 2. The van der Waals surface area contributed by atoms with Crippen LogP contribution in [0.25, 0.3) is 0 Å². The Morgan fingerprint density at radius 2 is 1.72 bits per heavy atom. The molecular weight excluding hydrogens is 628 g/mol. The zero-order valence-corrected chi connectivity index (χ0v) is 25.4. The molecule has 10 unspecified atom stereocenters. The molecule has 4 heterocycles. The van der Waals surface area contributed by atoms with Gasteiger partial charge in [0.05, 0.1) is 45.1 Å². The van der Waals surface area contributed by atoms with Crippen molar-refractivity contribution in [1.29, 1.82) is 0 Å². The smallest absolute Gasteiger partial charge is 0.229 e. The van der Waals surface area contributed by atoms with Crippen LogP contribution in [0.15, 0.2) is 30.3 Å². The van der Waals surface area contributed by atoms with Crippen molar-refractivity contribution < 1.29 is 78.8 Å². The van der Waals surface area contributed by atoms with E-state index in [2.05, 4.69) is 0 Å². The van der Waals surface area contributed by atoms with Crippen LogP contribution >= 0.6 is 0 Å². The maximum Gasteiger partial charge on any atom is 0.229 e. The first-order chi connectivity index (χ1) is 22.4. The summed E-state index contributed by atoms with van der Waals surface area (Å²) in [5, 5.41) is 82.9. The van der Waals surface area contributed by atoms with Crippen LogP contribution in [-0.4, -0.2) is 134 Å². The normalized spacial score (nSPS) is 38.3. The summed E-state index contributed by atoms with van der Waals surface area (Å²) in [6, 6.07) is 7.06. The molecule has 3 fully saturated rings. The van der Waals surface area contributed by atoms with Crippen molar-refractivity contribution in [1.82, 2.24) is 0 Å². The molecule has 0 saturated carbocycles. The predicted octanol–water partition coefficient (Wildman–Crippen LogP) is -0.998. The van der Waals surface area contributed by atoms with Gasteiger partial charge in [-0.1, -0.05) is 6.07 Å². The van der Waals surface area contributed by atoms with Gasteiger partial charge in [0.2, 0.25) is 6.29 Å². The molecule has 0 spiro atoms. The number of carbonyl (C=O) groups is 1. The number of fused-ring (bicyclic) bond motifs is 1. The molecule has 6 rings (SSSR count). The van der Waals surface area contributed by atoms with E-state index in [0.29, 0.717) is 5.56 Å². The van der Waals surface area contributed by atoms with E-state index in [1.807, 2.05) is 0 Å². The highest BCUT2D eigenvalue weighted by atomic mass is 16.8. The summed E-state index contributed by atoms with van der Waals surface area (Å²) in [7, 11) is 1.40. The molecule has 47 heavy (non-hydrogen) atoms. The summed E-state index contributed by atoms with van der Waals surface area (Å²) in [6.45, 7) is 0.465. The number of rotatable bonds is 9. The second-order valence-electron chi connectivity index (χ2n) is 12.1. The summed E-state index contributed by atoms with van der Waals surface area (Å²) in [6.07, 6.45) is -13.9. The van der Waals surface area contributed by atoms with Gasteiger partial charge in [-0.3, -0.25) is 4.79 Å². The molecule has 2 aromatic rings. The lowest BCUT2D eigenvalue weighted by Gasteiger charge is -2.54. The van der Waals surface area contributed by atoms with Gasteiger partial charge in [-0.15, -0.1) is 0 Å². The molecule has 0 radical (unpaired) electrons. The number of hydrogen-bond acceptors (Lipinski definition) is 16. The number of benzene rings is 2. The third-order valence-corrected chi connectivity index (χ3v) is 9.12. The molecule has 0 amide bonds. The quantitative estimate of drug-likeness (QED) is 0.160. The fraction of sp³-hybridized carbons (Fsp3) is 0.581. The zero-order valence-electron chi connectivity index (χ0n) is 25.4. The van der Waals surface area contributed by atoms with E-state index < -0.39 is 97.9 Å². The first kappa shape index (κ1) is 33.6. The van der Waals surface area contributed by atoms with Crippen molar-refractivity contribution in [3.63, 3.8) is 0 Å². The number of aliphatic hydroxyl groups is 6. The second kappa shape index (κ2) is 13.0. The van der Waals surface area contributed by atoms with Crippen molar-refractivity contribution in [2.75, 3.05) is 20.3 Å². The number of hydrogen-bond donors (Lipinski definition) is 8. The van der Waals surface area contributed by atoms with E-state index in [4.69, 9.17) is 33.2 Å². The van der Waals surface area contributed by atoms with Gasteiger partial charge >= 0.3 is 0 Å². The van der Waals surface area contributed by atoms with Gasteiger partial charge in [-0.05, 0) is 24.6 Å². The van der Waals surface area contributed by atoms with Crippen LogP contribution < -0.4 is 14.2 Å². The minimum Gasteiger partial charge on any atom is -0.507 e. The van der Waals surface area contributed by atoms with Gasteiger partial charge in [0.15, 0.2) is 35.3 Å².